The van der Waals surface area contributed by atoms with Crippen molar-refractivity contribution < 1.29 is 4.39 Å². The van der Waals surface area contributed by atoms with Gasteiger partial charge in [-0.15, -0.1) is 5.10 Å². The van der Waals surface area contributed by atoms with Crippen LogP contribution in [0.25, 0.3) is 16.8 Å². The number of H-pyrrole nitrogens is 1. The topological polar surface area (TPSA) is 63.6 Å². The zero-order chi connectivity index (χ0) is 15.0. The van der Waals surface area contributed by atoms with Crippen LogP contribution < -0.4 is 5.56 Å². The summed E-state index contributed by atoms with van der Waals surface area (Å²) in [5.41, 5.74) is 0.217. The van der Waals surface area contributed by atoms with Gasteiger partial charge >= 0.3 is 0 Å². The van der Waals surface area contributed by atoms with Crippen molar-refractivity contribution in [3.8, 4) is 16.8 Å². The molecule has 0 unspecified atom stereocenters. The third kappa shape index (κ3) is 2.55. The molecule has 0 aliphatic rings. The summed E-state index contributed by atoms with van der Waals surface area (Å²) in [4.78, 5) is 13.7. The molecule has 0 fully saturated rings. The molecule has 5 nitrogen and oxygen atoms in total. The second-order valence-electron chi connectivity index (χ2n) is 4.18. The van der Waals surface area contributed by atoms with Crippen LogP contribution in [0.1, 0.15) is 0 Å². The average molecular weight is 325 g/mol. The number of nitrogens with zero attached hydrogens (tertiary/aromatic N) is 3. The minimum absolute atomic E-state index is 0.114. The van der Waals surface area contributed by atoms with E-state index in [9.17, 15) is 9.18 Å². The molecule has 21 heavy (non-hydrogen) atoms. The van der Waals surface area contributed by atoms with E-state index in [0.717, 1.165) is 0 Å². The molecule has 1 N–H and O–H groups in total. The second-order valence-corrected chi connectivity index (χ2v) is 5.01. The van der Waals surface area contributed by atoms with Gasteiger partial charge in [-0.1, -0.05) is 28.4 Å². The quantitative estimate of drug-likeness (QED) is 0.787. The standard InChI is InChI=1S/C13H7Cl2FN4O/c14-7-1-2-10(20-6-11(15)18-19-20)9(5-7)8-3-4-17-13(21)12(8)16/h1-6H,(H,17,21). The van der Waals surface area contributed by atoms with Crippen LogP contribution in [0, 0.1) is 5.82 Å². The highest BCUT2D eigenvalue weighted by Gasteiger charge is 2.15. The molecule has 8 heteroatoms. The summed E-state index contributed by atoms with van der Waals surface area (Å²) in [7, 11) is 0. The monoisotopic (exact) mass is 324 g/mol. The summed E-state index contributed by atoms with van der Waals surface area (Å²) in [5.74, 6) is -0.896. The highest BCUT2D eigenvalue weighted by molar-refractivity contribution is 6.31. The number of aromatic amines is 1. The predicted octanol–water partition coefficient (Wildman–Crippen LogP) is 3.07. The van der Waals surface area contributed by atoms with Crippen LogP contribution in [0.3, 0.4) is 0 Å². The van der Waals surface area contributed by atoms with E-state index in [2.05, 4.69) is 15.3 Å². The SMILES string of the molecule is O=c1[nH]ccc(-c2cc(Cl)ccc2-n2cc(Cl)nn2)c1F. The fourth-order valence-electron chi connectivity index (χ4n) is 1.95. The van der Waals surface area contributed by atoms with Gasteiger partial charge in [0.15, 0.2) is 11.0 Å². The lowest BCUT2D eigenvalue weighted by atomic mass is 10.0. The minimum atomic E-state index is -0.896. The molecule has 0 spiro atoms. The first-order valence-corrected chi connectivity index (χ1v) is 6.57. The Morgan fingerprint density at radius 1 is 1.19 bits per heavy atom. The van der Waals surface area contributed by atoms with E-state index in [1.807, 2.05) is 0 Å². The number of nitrogens with one attached hydrogen (secondary N) is 1. The van der Waals surface area contributed by atoms with Gasteiger partial charge < -0.3 is 4.98 Å². The van der Waals surface area contributed by atoms with Gasteiger partial charge in [0.2, 0.25) is 0 Å². The summed E-state index contributed by atoms with van der Waals surface area (Å²) < 4.78 is 15.4. The van der Waals surface area contributed by atoms with Gasteiger partial charge in [0.05, 0.1) is 11.9 Å². The van der Waals surface area contributed by atoms with E-state index in [1.54, 1.807) is 18.2 Å². The summed E-state index contributed by atoms with van der Waals surface area (Å²) in [6.45, 7) is 0. The largest absolute Gasteiger partial charge is 0.327 e. The van der Waals surface area contributed by atoms with Crippen LogP contribution in [-0.4, -0.2) is 20.0 Å². The van der Waals surface area contributed by atoms with Gasteiger partial charge in [-0.05, 0) is 24.3 Å². The van der Waals surface area contributed by atoms with Crippen molar-refractivity contribution in [2.75, 3.05) is 0 Å². The van der Waals surface area contributed by atoms with Crippen molar-refractivity contribution >= 4 is 23.2 Å². The molecule has 2 heterocycles. The number of pyridine rings is 1. The maximum Gasteiger partial charge on any atom is 0.284 e. The molecule has 0 amide bonds. The highest BCUT2D eigenvalue weighted by atomic mass is 35.5. The molecule has 0 saturated carbocycles. The molecule has 3 aromatic rings. The van der Waals surface area contributed by atoms with Gasteiger partial charge in [0.1, 0.15) is 0 Å². The van der Waals surface area contributed by atoms with Gasteiger partial charge in [-0.3, -0.25) is 4.79 Å². The molecular weight excluding hydrogens is 318 g/mol. The number of aromatic nitrogens is 4. The Labute approximate surface area is 127 Å². The fraction of sp³-hybridized carbons (Fsp3) is 0. The van der Waals surface area contributed by atoms with E-state index in [1.165, 1.54) is 23.1 Å². The number of halogens is 3. The maximum atomic E-state index is 14.1. The van der Waals surface area contributed by atoms with Crippen LogP contribution in [0.15, 0.2) is 41.5 Å². The maximum absolute atomic E-state index is 14.1. The fourth-order valence-corrected chi connectivity index (χ4v) is 2.25. The molecule has 2 aromatic heterocycles. The molecule has 0 bridgehead atoms. The van der Waals surface area contributed by atoms with E-state index < -0.39 is 11.4 Å². The van der Waals surface area contributed by atoms with Gasteiger partial charge in [-0.25, -0.2) is 9.07 Å². The van der Waals surface area contributed by atoms with Crippen molar-refractivity contribution in [3.63, 3.8) is 0 Å². The number of rotatable bonds is 2. The van der Waals surface area contributed by atoms with Crippen molar-refractivity contribution in [2.45, 2.75) is 0 Å². The third-order valence-electron chi connectivity index (χ3n) is 2.86. The van der Waals surface area contributed by atoms with Crippen molar-refractivity contribution in [1.82, 2.24) is 20.0 Å². The van der Waals surface area contributed by atoms with E-state index in [0.29, 0.717) is 16.3 Å². The van der Waals surface area contributed by atoms with E-state index in [-0.39, 0.29) is 10.7 Å². The minimum Gasteiger partial charge on any atom is -0.327 e. The Hall–Kier alpha value is -2.18. The average Bonchev–Trinajstić information content (AvgIpc) is 2.88. The molecule has 3 rings (SSSR count). The number of benzene rings is 1. The Bertz CT molecular complexity index is 875. The summed E-state index contributed by atoms with van der Waals surface area (Å²) in [6, 6.07) is 6.26. The Morgan fingerprint density at radius 2 is 2.00 bits per heavy atom. The second kappa shape index (κ2) is 5.31. The van der Waals surface area contributed by atoms with E-state index in [4.69, 9.17) is 23.2 Å². The van der Waals surface area contributed by atoms with Gasteiger partial charge in [-0.2, -0.15) is 0 Å². The van der Waals surface area contributed by atoms with Gasteiger partial charge in [0.25, 0.3) is 5.56 Å². The Balaban J connectivity index is 2.29. The normalized spacial score (nSPS) is 10.8. The molecule has 106 valence electrons. The van der Waals surface area contributed by atoms with Crippen LogP contribution in [0.2, 0.25) is 10.2 Å². The summed E-state index contributed by atoms with van der Waals surface area (Å²) in [5, 5.41) is 8.11. The number of hydrogen-bond donors (Lipinski definition) is 1. The van der Waals surface area contributed by atoms with Crippen molar-refractivity contribution in [1.29, 1.82) is 0 Å². The predicted molar refractivity (Wildman–Crippen MR) is 77.4 cm³/mol. The van der Waals surface area contributed by atoms with Crippen LogP contribution >= 0.6 is 23.2 Å². The molecule has 0 radical (unpaired) electrons. The first-order chi connectivity index (χ1) is 10.1. The van der Waals surface area contributed by atoms with Crippen LogP contribution in [0.5, 0.6) is 0 Å². The lowest BCUT2D eigenvalue weighted by Gasteiger charge is -2.10. The number of hydrogen-bond acceptors (Lipinski definition) is 3. The summed E-state index contributed by atoms with van der Waals surface area (Å²) >= 11 is 11.7. The zero-order valence-electron chi connectivity index (χ0n) is 10.3. The smallest absolute Gasteiger partial charge is 0.284 e. The molecule has 0 aliphatic carbocycles. The summed E-state index contributed by atoms with van der Waals surface area (Å²) in [6.07, 6.45) is 2.83. The lowest BCUT2D eigenvalue weighted by molar-refractivity contribution is 0.612. The third-order valence-corrected chi connectivity index (χ3v) is 3.27. The Morgan fingerprint density at radius 3 is 2.71 bits per heavy atom. The Kier molecular flexibility index (Phi) is 3.48. The first-order valence-electron chi connectivity index (χ1n) is 5.81. The first kappa shape index (κ1) is 13.8. The van der Waals surface area contributed by atoms with Gasteiger partial charge in [0, 0.05) is 22.3 Å². The van der Waals surface area contributed by atoms with Crippen molar-refractivity contribution in [3.05, 3.63) is 63.0 Å². The highest BCUT2D eigenvalue weighted by Crippen LogP contribution is 2.30. The molecular formula is C13H7Cl2FN4O. The zero-order valence-corrected chi connectivity index (χ0v) is 11.9. The molecule has 0 aliphatic heterocycles. The van der Waals surface area contributed by atoms with Crippen LogP contribution in [0.4, 0.5) is 4.39 Å². The molecule has 0 saturated heterocycles. The lowest BCUT2D eigenvalue weighted by Crippen LogP contribution is -2.11. The van der Waals surface area contributed by atoms with Crippen molar-refractivity contribution in [2.24, 2.45) is 0 Å². The molecule has 1 aromatic carbocycles. The van der Waals surface area contributed by atoms with E-state index >= 15 is 0 Å². The molecule has 0 atom stereocenters. The van der Waals surface area contributed by atoms with Crippen LogP contribution in [-0.2, 0) is 0 Å².